The molecule has 21 heavy (non-hydrogen) atoms. The molecule has 4 heterocycles. The second kappa shape index (κ2) is 4.04. The van der Waals surface area contributed by atoms with Crippen LogP contribution in [0.25, 0.3) is 0 Å². The molecule has 0 amide bonds. The molecule has 2 heteroatoms. The molecular formula is C19H26N2. The molecule has 1 aromatic carbocycles. The Morgan fingerprint density at radius 2 is 2.10 bits per heavy atom. The van der Waals surface area contributed by atoms with Crippen LogP contribution < -0.4 is 5.32 Å². The van der Waals surface area contributed by atoms with Crippen molar-refractivity contribution in [2.45, 2.75) is 62.9 Å². The molecule has 0 aromatic heterocycles. The van der Waals surface area contributed by atoms with Gasteiger partial charge in [-0.05, 0) is 62.1 Å². The van der Waals surface area contributed by atoms with Gasteiger partial charge < -0.3 is 5.32 Å². The Bertz CT molecular complexity index is 583. The normalized spacial score (nSPS) is 46.4. The highest BCUT2D eigenvalue weighted by molar-refractivity contribution is 5.63. The van der Waals surface area contributed by atoms with E-state index in [1.807, 2.05) is 0 Å². The van der Waals surface area contributed by atoms with Crippen molar-refractivity contribution in [3.63, 3.8) is 0 Å². The number of rotatable bonds is 1. The molecule has 1 saturated carbocycles. The van der Waals surface area contributed by atoms with Crippen LogP contribution in [0.2, 0.25) is 0 Å². The van der Waals surface area contributed by atoms with Gasteiger partial charge in [0.25, 0.3) is 0 Å². The molecule has 1 spiro atoms. The van der Waals surface area contributed by atoms with E-state index in [4.69, 9.17) is 0 Å². The number of benzene rings is 1. The van der Waals surface area contributed by atoms with E-state index in [1.54, 1.807) is 5.56 Å². The van der Waals surface area contributed by atoms with Gasteiger partial charge in [0.1, 0.15) is 0 Å². The summed E-state index contributed by atoms with van der Waals surface area (Å²) in [6, 6.07) is 9.88. The molecule has 1 N–H and O–H groups in total. The highest BCUT2D eigenvalue weighted by Crippen LogP contribution is 2.59. The SMILES string of the molecule is CC[C@]12CC[C@@H]3N(CC[C@H]4c5ccccc5N[C@@]34CC1)C2. The van der Waals surface area contributed by atoms with Gasteiger partial charge in [0.15, 0.2) is 0 Å². The van der Waals surface area contributed by atoms with E-state index in [2.05, 4.69) is 41.4 Å². The Kier molecular flexibility index (Phi) is 2.41. The number of piperidine rings is 2. The lowest BCUT2D eigenvalue weighted by Gasteiger charge is -2.53. The summed E-state index contributed by atoms with van der Waals surface area (Å²) in [5.74, 6) is 0.751. The quantitative estimate of drug-likeness (QED) is 0.838. The first-order chi connectivity index (χ1) is 10.3. The fourth-order valence-corrected chi connectivity index (χ4v) is 6.16. The van der Waals surface area contributed by atoms with Crippen LogP contribution in [-0.4, -0.2) is 29.6 Å². The minimum Gasteiger partial charge on any atom is -0.377 e. The number of hydrogen-bond donors (Lipinski definition) is 1. The fraction of sp³-hybridized carbons (Fsp3) is 0.684. The maximum atomic E-state index is 4.05. The zero-order valence-corrected chi connectivity index (χ0v) is 13.1. The molecule has 4 fully saturated rings. The highest BCUT2D eigenvalue weighted by Gasteiger charge is 2.60. The average Bonchev–Trinajstić information content (AvgIpc) is 2.73. The van der Waals surface area contributed by atoms with Gasteiger partial charge in [-0.25, -0.2) is 0 Å². The molecule has 5 atom stereocenters. The second-order valence-electron chi connectivity index (χ2n) is 7.97. The summed E-state index contributed by atoms with van der Waals surface area (Å²) in [7, 11) is 0. The van der Waals surface area contributed by atoms with E-state index in [0.29, 0.717) is 11.0 Å². The maximum Gasteiger partial charge on any atom is 0.0598 e. The van der Waals surface area contributed by atoms with Gasteiger partial charge >= 0.3 is 0 Å². The van der Waals surface area contributed by atoms with E-state index < -0.39 is 0 Å². The lowest BCUT2D eigenvalue weighted by Crippen LogP contribution is -2.62. The summed E-state index contributed by atoms with van der Waals surface area (Å²) in [4.78, 5) is 2.86. The van der Waals surface area contributed by atoms with Crippen molar-refractivity contribution >= 4 is 5.69 Å². The summed E-state index contributed by atoms with van der Waals surface area (Å²) in [5, 5.41) is 4.05. The Morgan fingerprint density at radius 3 is 3.00 bits per heavy atom. The molecule has 112 valence electrons. The first kappa shape index (κ1) is 12.5. The van der Waals surface area contributed by atoms with Crippen LogP contribution in [0.15, 0.2) is 24.3 Å². The second-order valence-corrected chi connectivity index (χ2v) is 7.97. The third kappa shape index (κ3) is 1.47. The fourth-order valence-electron chi connectivity index (χ4n) is 6.16. The molecule has 6 rings (SSSR count). The van der Waals surface area contributed by atoms with Crippen molar-refractivity contribution < 1.29 is 0 Å². The minimum absolute atomic E-state index is 0.343. The third-order valence-corrected chi connectivity index (χ3v) is 7.37. The Balaban J connectivity index is 1.63. The zero-order chi connectivity index (χ0) is 14.1. The number of nitrogens with one attached hydrogen (secondary N) is 1. The van der Waals surface area contributed by atoms with Crippen LogP contribution in [-0.2, 0) is 0 Å². The molecular weight excluding hydrogens is 256 g/mol. The van der Waals surface area contributed by atoms with E-state index in [1.165, 1.54) is 57.3 Å². The van der Waals surface area contributed by atoms with Crippen LogP contribution in [0.5, 0.6) is 0 Å². The molecule has 4 aliphatic heterocycles. The first-order valence-electron chi connectivity index (χ1n) is 8.88. The van der Waals surface area contributed by atoms with Crippen LogP contribution in [0.1, 0.15) is 56.9 Å². The van der Waals surface area contributed by atoms with Gasteiger partial charge in [0, 0.05) is 24.2 Å². The van der Waals surface area contributed by atoms with Gasteiger partial charge in [-0.1, -0.05) is 25.1 Å². The molecule has 3 saturated heterocycles. The molecule has 5 aliphatic rings. The number of fused-ring (bicyclic) bond motifs is 4. The monoisotopic (exact) mass is 282 g/mol. The van der Waals surface area contributed by atoms with Crippen molar-refractivity contribution in [1.29, 1.82) is 0 Å². The van der Waals surface area contributed by atoms with Gasteiger partial charge in [0.2, 0.25) is 0 Å². The Labute approximate surface area is 127 Å². The number of para-hydroxylation sites is 1. The maximum absolute atomic E-state index is 4.05. The van der Waals surface area contributed by atoms with Gasteiger partial charge in [-0.2, -0.15) is 0 Å². The molecule has 1 unspecified atom stereocenters. The zero-order valence-electron chi connectivity index (χ0n) is 13.1. The van der Waals surface area contributed by atoms with Crippen molar-refractivity contribution in [3.05, 3.63) is 29.8 Å². The third-order valence-electron chi connectivity index (χ3n) is 7.37. The van der Waals surface area contributed by atoms with Crippen molar-refractivity contribution in [2.75, 3.05) is 18.4 Å². The van der Waals surface area contributed by atoms with Gasteiger partial charge in [-0.3, -0.25) is 4.90 Å². The number of hydrogen-bond acceptors (Lipinski definition) is 2. The van der Waals surface area contributed by atoms with Crippen LogP contribution in [0.3, 0.4) is 0 Å². The molecule has 2 nitrogen and oxygen atoms in total. The van der Waals surface area contributed by atoms with E-state index in [0.717, 1.165) is 12.0 Å². The summed E-state index contributed by atoms with van der Waals surface area (Å²) in [5.41, 5.74) is 3.99. The van der Waals surface area contributed by atoms with E-state index in [9.17, 15) is 0 Å². The largest absolute Gasteiger partial charge is 0.377 e. The molecule has 4 bridgehead atoms. The van der Waals surface area contributed by atoms with Crippen molar-refractivity contribution in [2.24, 2.45) is 5.41 Å². The molecule has 1 aromatic rings. The van der Waals surface area contributed by atoms with Crippen LogP contribution in [0, 0.1) is 5.41 Å². The first-order valence-corrected chi connectivity index (χ1v) is 8.88. The molecule has 0 radical (unpaired) electrons. The Morgan fingerprint density at radius 1 is 1.19 bits per heavy atom. The van der Waals surface area contributed by atoms with Gasteiger partial charge in [0.05, 0.1) is 5.54 Å². The predicted octanol–water partition coefficient (Wildman–Crippen LogP) is 3.99. The van der Waals surface area contributed by atoms with Crippen LogP contribution in [0.4, 0.5) is 5.69 Å². The predicted molar refractivity (Wildman–Crippen MR) is 86.7 cm³/mol. The van der Waals surface area contributed by atoms with Gasteiger partial charge in [-0.15, -0.1) is 0 Å². The smallest absolute Gasteiger partial charge is 0.0598 e. The number of anilines is 1. The van der Waals surface area contributed by atoms with Crippen LogP contribution >= 0.6 is 0 Å². The topological polar surface area (TPSA) is 15.3 Å². The Hall–Kier alpha value is -1.02. The van der Waals surface area contributed by atoms with E-state index >= 15 is 0 Å². The number of nitrogens with zero attached hydrogens (tertiary/aromatic N) is 1. The highest BCUT2D eigenvalue weighted by atomic mass is 15.3. The minimum atomic E-state index is 0.343. The summed E-state index contributed by atoms with van der Waals surface area (Å²) >= 11 is 0. The molecule has 1 aliphatic carbocycles. The summed E-state index contributed by atoms with van der Waals surface area (Å²) < 4.78 is 0. The summed E-state index contributed by atoms with van der Waals surface area (Å²) in [6.07, 6.45) is 8.38. The van der Waals surface area contributed by atoms with Crippen molar-refractivity contribution in [1.82, 2.24) is 4.90 Å². The average molecular weight is 282 g/mol. The van der Waals surface area contributed by atoms with Crippen molar-refractivity contribution in [3.8, 4) is 0 Å². The lowest BCUT2D eigenvalue weighted by molar-refractivity contribution is 0.0113. The lowest BCUT2D eigenvalue weighted by atomic mass is 9.69. The standard InChI is InChI=1S/C19H26N2/c1-2-18-9-7-17-19(11-10-18)15(8-12-21(17)13-18)14-5-3-4-6-16(14)20-19/h3-6,15,17,20H,2,7-13H2,1H3/t15-,17-,18-,19+/m0/s1. The summed E-state index contributed by atoms with van der Waals surface area (Å²) in [6.45, 7) is 5.10. The van der Waals surface area contributed by atoms with E-state index in [-0.39, 0.29) is 0 Å².